The maximum Gasteiger partial charge on any atom is 0.164 e. The van der Waals surface area contributed by atoms with Crippen molar-refractivity contribution >= 4 is 10.8 Å². The smallest absolute Gasteiger partial charge is 0.164 e. The lowest BCUT2D eigenvalue weighted by Gasteiger charge is -2.14. The van der Waals surface area contributed by atoms with Crippen LogP contribution in [0.3, 0.4) is 0 Å². The zero-order valence-corrected chi connectivity index (χ0v) is 35.5. The molecule has 0 bridgehead atoms. The summed E-state index contributed by atoms with van der Waals surface area (Å²) in [6, 6.07) is 77.2. The summed E-state index contributed by atoms with van der Waals surface area (Å²) in [4.78, 5) is 30.0. The Bertz CT molecular complexity index is 3400. The zero-order chi connectivity index (χ0) is 43.5. The second kappa shape index (κ2) is 17.2. The number of rotatable bonds is 9. The summed E-state index contributed by atoms with van der Waals surface area (Å²) >= 11 is 0. The molecule has 3 aromatic heterocycles. The first kappa shape index (κ1) is 39.1. The van der Waals surface area contributed by atoms with Crippen molar-refractivity contribution in [2.24, 2.45) is 0 Å². The molecule has 3 heterocycles. The lowest BCUT2D eigenvalue weighted by molar-refractivity contribution is 1.07. The summed E-state index contributed by atoms with van der Waals surface area (Å²) in [5, 5.41) is 2.33. The fourth-order valence-corrected chi connectivity index (χ4v) is 8.35. The van der Waals surface area contributed by atoms with Crippen molar-refractivity contribution in [2.45, 2.75) is 6.92 Å². The van der Waals surface area contributed by atoms with Crippen molar-refractivity contribution in [2.75, 3.05) is 0 Å². The minimum Gasteiger partial charge on any atom is -0.253 e. The third kappa shape index (κ3) is 8.08. The Morgan fingerprint density at radius 3 is 1.35 bits per heavy atom. The fraction of sp³-hybridized carbons (Fsp3) is 0.0169. The Balaban J connectivity index is 0.953. The van der Waals surface area contributed by atoms with Crippen molar-refractivity contribution < 1.29 is 0 Å². The third-order valence-electron chi connectivity index (χ3n) is 11.7. The number of benzene rings is 8. The molecule has 0 fully saturated rings. The van der Waals surface area contributed by atoms with E-state index >= 15 is 0 Å². The van der Waals surface area contributed by atoms with Gasteiger partial charge in [-0.3, -0.25) is 4.98 Å². The van der Waals surface area contributed by atoms with Crippen LogP contribution in [-0.2, 0) is 0 Å². The monoisotopic (exact) mass is 832 g/mol. The molecule has 6 heteroatoms. The van der Waals surface area contributed by atoms with Gasteiger partial charge in [0.25, 0.3) is 0 Å². The molecule has 306 valence electrons. The Labute approximate surface area is 377 Å². The second-order valence-electron chi connectivity index (χ2n) is 16.0. The summed E-state index contributed by atoms with van der Waals surface area (Å²) in [6.07, 6.45) is 0. The Kier molecular flexibility index (Phi) is 10.4. The van der Waals surface area contributed by atoms with Gasteiger partial charge in [-0.15, -0.1) is 0 Å². The van der Waals surface area contributed by atoms with Crippen LogP contribution >= 0.6 is 0 Å². The van der Waals surface area contributed by atoms with Crippen molar-refractivity contribution in [3.63, 3.8) is 0 Å². The van der Waals surface area contributed by atoms with Gasteiger partial charge in [0.15, 0.2) is 23.3 Å². The topological polar surface area (TPSA) is 77.3 Å². The summed E-state index contributed by atoms with van der Waals surface area (Å²) in [6.45, 7) is 2.03. The molecule has 0 atom stereocenters. The van der Waals surface area contributed by atoms with E-state index in [2.05, 4.69) is 140 Å². The van der Waals surface area contributed by atoms with E-state index in [1.807, 2.05) is 91.9 Å². The van der Waals surface area contributed by atoms with Crippen LogP contribution in [0.25, 0.3) is 112 Å². The van der Waals surface area contributed by atoms with Crippen LogP contribution in [0.5, 0.6) is 0 Å². The van der Waals surface area contributed by atoms with Gasteiger partial charge in [0, 0.05) is 44.6 Å². The van der Waals surface area contributed by atoms with Crippen LogP contribution in [0.1, 0.15) is 5.69 Å². The predicted molar refractivity (Wildman–Crippen MR) is 264 cm³/mol. The van der Waals surface area contributed by atoms with E-state index in [-0.39, 0.29) is 0 Å². The first-order valence-electron chi connectivity index (χ1n) is 21.7. The number of nitrogens with zero attached hydrogens (tertiary/aromatic N) is 6. The number of aryl methyl sites for hydroxylation is 1. The van der Waals surface area contributed by atoms with E-state index in [1.54, 1.807) is 0 Å². The molecule has 0 spiro atoms. The Morgan fingerprint density at radius 2 is 0.723 bits per heavy atom. The highest BCUT2D eigenvalue weighted by atomic mass is 15.0. The van der Waals surface area contributed by atoms with Crippen molar-refractivity contribution in [3.05, 3.63) is 230 Å². The molecule has 0 aliphatic heterocycles. The number of hydrogen-bond acceptors (Lipinski definition) is 6. The number of aromatic nitrogens is 6. The van der Waals surface area contributed by atoms with Crippen LogP contribution in [0.2, 0.25) is 0 Å². The normalized spacial score (nSPS) is 11.2. The molecule has 0 aliphatic carbocycles. The van der Waals surface area contributed by atoms with Gasteiger partial charge in [0.2, 0.25) is 0 Å². The number of hydrogen-bond donors (Lipinski definition) is 0. The summed E-state index contributed by atoms with van der Waals surface area (Å²) in [7, 11) is 0. The lowest BCUT2D eigenvalue weighted by atomic mass is 9.92. The quantitative estimate of drug-likeness (QED) is 0.144. The van der Waals surface area contributed by atoms with Crippen LogP contribution in [0.4, 0.5) is 0 Å². The maximum absolute atomic E-state index is 5.12. The summed E-state index contributed by atoms with van der Waals surface area (Å²) in [5.41, 5.74) is 14.8. The third-order valence-corrected chi connectivity index (χ3v) is 11.7. The first-order chi connectivity index (χ1) is 32.1. The van der Waals surface area contributed by atoms with Gasteiger partial charge in [-0.2, -0.15) is 0 Å². The average Bonchev–Trinajstić information content (AvgIpc) is 3.39. The molecule has 0 aliphatic rings. The van der Waals surface area contributed by atoms with Gasteiger partial charge in [-0.1, -0.05) is 200 Å². The molecule has 0 N–H and O–H groups in total. The van der Waals surface area contributed by atoms with Gasteiger partial charge in [0.1, 0.15) is 0 Å². The van der Waals surface area contributed by atoms with Crippen LogP contribution < -0.4 is 0 Å². The zero-order valence-electron chi connectivity index (χ0n) is 35.5. The van der Waals surface area contributed by atoms with E-state index in [9.17, 15) is 0 Å². The van der Waals surface area contributed by atoms with E-state index in [4.69, 9.17) is 29.9 Å². The van der Waals surface area contributed by atoms with E-state index in [0.717, 1.165) is 89.4 Å². The van der Waals surface area contributed by atoms with Crippen LogP contribution in [0, 0.1) is 6.92 Å². The van der Waals surface area contributed by atoms with E-state index in [1.165, 1.54) is 5.39 Å². The van der Waals surface area contributed by atoms with Crippen molar-refractivity contribution in [1.29, 1.82) is 0 Å². The molecule has 6 nitrogen and oxygen atoms in total. The summed E-state index contributed by atoms with van der Waals surface area (Å²) in [5.74, 6) is 2.58. The van der Waals surface area contributed by atoms with E-state index in [0.29, 0.717) is 23.3 Å². The largest absolute Gasteiger partial charge is 0.253 e. The molecular formula is C59H40N6. The molecule has 0 radical (unpaired) electrons. The van der Waals surface area contributed by atoms with Gasteiger partial charge in [0.05, 0.1) is 17.1 Å². The Hall–Kier alpha value is -8.74. The maximum atomic E-state index is 5.12. The standard InChI is InChI=1S/C59H40N6/c1-39-15-13-26-53(60-39)52-37-48(35-36-50(52)42-29-33-47(34-30-42)59-64-57(45-19-7-3-8-20-45)63-58(65-59)46-21-9-4-10-22-46)40-27-31-43(32-28-40)54-38-55(62-56(61-54)44-17-5-2-6-18-44)51-25-14-23-41-16-11-12-24-49(41)51/h2-38H,1H3. The number of pyridine rings is 1. The lowest BCUT2D eigenvalue weighted by Crippen LogP contribution is -2.00. The van der Waals surface area contributed by atoms with Gasteiger partial charge >= 0.3 is 0 Å². The van der Waals surface area contributed by atoms with E-state index < -0.39 is 0 Å². The van der Waals surface area contributed by atoms with Crippen molar-refractivity contribution in [1.82, 2.24) is 29.9 Å². The molecule has 8 aromatic carbocycles. The molecular weight excluding hydrogens is 793 g/mol. The molecule has 0 saturated heterocycles. The van der Waals surface area contributed by atoms with Gasteiger partial charge < -0.3 is 0 Å². The fourth-order valence-electron chi connectivity index (χ4n) is 8.35. The first-order valence-corrected chi connectivity index (χ1v) is 21.7. The molecule has 0 unspecified atom stereocenters. The molecule has 0 saturated carbocycles. The molecule has 11 aromatic rings. The van der Waals surface area contributed by atoms with Crippen molar-refractivity contribution in [3.8, 4) is 102 Å². The summed E-state index contributed by atoms with van der Waals surface area (Å²) < 4.78 is 0. The molecule has 0 amide bonds. The van der Waals surface area contributed by atoms with Gasteiger partial charge in [-0.25, -0.2) is 24.9 Å². The molecule has 65 heavy (non-hydrogen) atoms. The highest BCUT2D eigenvalue weighted by Crippen LogP contribution is 2.38. The minimum atomic E-state index is 0.617. The minimum absolute atomic E-state index is 0.617. The number of fused-ring (bicyclic) bond motifs is 1. The highest BCUT2D eigenvalue weighted by Gasteiger charge is 2.17. The average molecular weight is 833 g/mol. The Morgan fingerprint density at radius 1 is 0.246 bits per heavy atom. The van der Waals surface area contributed by atoms with Gasteiger partial charge in [-0.05, 0) is 64.2 Å². The molecule has 11 rings (SSSR count). The SMILES string of the molecule is Cc1cccc(-c2cc(-c3ccc(-c4cc(-c5cccc6ccccc56)nc(-c5ccccc5)n4)cc3)ccc2-c2ccc(-c3nc(-c4ccccc4)nc(-c4ccccc4)n3)cc2)n1. The highest BCUT2D eigenvalue weighted by molar-refractivity contribution is 5.96. The predicted octanol–water partition coefficient (Wildman–Crippen LogP) is 14.5. The van der Waals surface area contributed by atoms with Crippen LogP contribution in [-0.4, -0.2) is 29.9 Å². The van der Waals surface area contributed by atoms with Crippen LogP contribution in [0.15, 0.2) is 224 Å². The second-order valence-corrected chi connectivity index (χ2v) is 16.0.